The van der Waals surface area contributed by atoms with Gasteiger partial charge in [-0.25, -0.2) is 9.26 Å². The SMILES string of the molecule is O=C(c1ccc2nonc2c1)C1CCN(CCc2ccc3nonc3c2)CC1. The van der Waals surface area contributed by atoms with Crippen LogP contribution in [0.5, 0.6) is 0 Å². The molecule has 2 aromatic carbocycles. The molecule has 5 rings (SSSR count). The number of carbonyl (C=O) groups is 1. The monoisotopic (exact) mass is 377 g/mol. The molecule has 0 radical (unpaired) electrons. The van der Waals surface area contributed by atoms with Gasteiger partial charge in [-0.3, -0.25) is 4.79 Å². The Morgan fingerprint density at radius 2 is 1.54 bits per heavy atom. The molecule has 0 aliphatic carbocycles. The van der Waals surface area contributed by atoms with Crippen LogP contribution in [0.25, 0.3) is 22.1 Å². The van der Waals surface area contributed by atoms with Crippen molar-refractivity contribution >= 4 is 27.9 Å². The Hall–Kier alpha value is -3.13. The number of hydrogen-bond acceptors (Lipinski definition) is 8. The van der Waals surface area contributed by atoms with Gasteiger partial charge in [-0.2, -0.15) is 0 Å². The van der Waals surface area contributed by atoms with Crippen molar-refractivity contribution in [3.63, 3.8) is 0 Å². The molecule has 142 valence electrons. The van der Waals surface area contributed by atoms with Crippen LogP contribution in [0.15, 0.2) is 45.7 Å². The molecule has 0 bridgehead atoms. The Labute approximate surface area is 160 Å². The van der Waals surface area contributed by atoms with Crippen LogP contribution >= 0.6 is 0 Å². The fourth-order valence-electron chi connectivity index (χ4n) is 3.86. The number of nitrogens with zero attached hydrogens (tertiary/aromatic N) is 5. The highest BCUT2D eigenvalue weighted by atomic mass is 16.6. The van der Waals surface area contributed by atoms with Gasteiger partial charge >= 0.3 is 0 Å². The molecule has 2 aromatic heterocycles. The molecule has 0 atom stereocenters. The lowest BCUT2D eigenvalue weighted by Gasteiger charge is -2.31. The summed E-state index contributed by atoms with van der Waals surface area (Å²) in [6, 6.07) is 11.4. The maximum absolute atomic E-state index is 12.8. The van der Waals surface area contributed by atoms with Crippen LogP contribution in [0.3, 0.4) is 0 Å². The Bertz CT molecular complexity index is 1130. The highest BCUT2D eigenvalue weighted by Crippen LogP contribution is 2.23. The molecule has 1 saturated heterocycles. The molecule has 8 heteroatoms. The van der Waals surface area contributed by atoms with Crippen molar-refractivity contribution in [2.45, 2.75) is 19.3 Å². The van der Waals surface area contributed by atoms with Crippen molar-refractivity contribution in [1.82, 2.24) is 25.5 Å². The number of ketones is 1. The van der Waals surface area contributed by atoms with E-state index in [4.69, 9.17) is 9.26 Å². The number of aromatic nitrogens is 4. The smallest absolute Gasteiger partial charge is 0.166 e. The first kappa shape index (κ1) is 17.0. The number of benzene rings is 2. The van der Waals surface area contributed by atoms with Gasteiger partial charge in [0.1, 0.15) is 22.1 Å². The predicted octanol–water partition coefficient (Wildman–Crippen LogP) is 2.90. The largest absolute Gasteiger partial charge is 0.303 e. The van der Waals surface area contributed by atoms with Gasteiger partial charge < -0.3 is 4.90 Å². The quantitative estimate of drug-likeness (QED) is 0.490. The fraction of sp³-hybridized carbons (Fsp3) is 0.350. The normalized spacial score (nSPS) is 16.1. The highest BCUT2D eigenvalue weighted by Gasteiger charge is 2.26. The second-order valence-electron chi connectivity index (χ2n) is 7.29. The molecule has 1 fully saturated rings. The third kappa shape index (κ3) is 3.27. The average molecular weight is 377 g/mol. The molecular weight excluding hydrogens is 358 g/mol. The molecule has 0 amide bonds. The third-order valence-corrected chi connectivity index (χ3v) is 5.53. The maximum atomic E-state index is 12.8. The number of hydrogen-bond donors (Lipinski definition) is 0. The Morgan fingerprint density at radius 1 is 0.893 bits per heavy atom. The van der Waals surface area contributed by atoms with Gasteiger partial charge in [-0.15, -0.1) is 0 Å². The zero-order chi connectivity index (χ0) is 18.9. The standard InChI is InChI=1S/C20H19N5O3/c26-20(15-2-4-17-19(12-15)24-28-22-17)14-6-9-25(10-7-14)8-5-13-1-3-16-18(11-13)23-27-21-16/h1-4,11-12,14H,5-10H2. The fourth-order valence-corrected chi connectivity index (χ4v) is 3.86. The number of fused-ring (bicyclic) bond motifs is 2. The van der Waals surface area contributed by atoms with Crippen LogP contribution in [0.4, 0.5) is 0 Å². The summed E-state index contributed by atoms with van der Waals surface area (Å²) in [6.07, 6.45) is 2.69. The van der Waals surface area contributed by atoms with Crippen molar-refractivity contribution in [2.75, 3.05) is 19.6 Å². The van der Waals surface area contributed by atoms with Gasteiger partial charge in [0, 0.05) is 18.0 Å². The van der Waals surface area contributed by atoms with E-state index >= 15 is 0 Å². The second kappa shape index (κ2) is 7.12. The van der Waals surface area contributed by atoms with Gasteiger partial charge in [0.15, 0.2) is 5.78 Å². The summed E-state index contributed by atoms with van der Waals surface area (Å²) in [5.41, 5.74) is 4.78. The maximum Gasteiger partial charge on any atom is 0.166 e. The van der Waals surface area contributed by atoms with E-state index < -0.39 is 0 Å². The minimum Gasteiger partial charge on any atom is -0.303 e. The molecule has 0 unspecified atom stereocenters. The van der Waals surface area contributed by atoms with E-state index in [1.54, 1.807) is 12.1 Å². The summed E-state index contributed by atoms with van der Waals surface area (Å²) >= 11 is 0. The van der Waals surface area contributed by atoms with Gasteiger partial charge in [-0.05, 0) is 88.9 Å². The first-order chi connectivity index (χ1) is 13.8. The molecule has 3 heterocycles. The molecule has 0 N–H and O–H groups in total. The Kier molecular flexibility index (Phi) is 4.32. The molecule has 8 nitrogen and oxygen atoms in total. The Morgan fingerprint density at radius 3 is 2.29 bits per heavy atom. The molecule has 28 heavy (non-hydrogen) atoms. The zero-order valence-electron chi connectivity index (χ0n) is 15.2. The Balaban J connectivity index is 1.17. The lowest BCUT2D eigenvalue weighted by Crippen LogP contribution is -2.37. The molecule has 1 aliphatic heterocycles. The van der Waals surface area contributed by atoms with Crippen LogP contribution in [-0.2, 0) is 6.42 Å². The average Bonchev–Trinajstić information content (AvgIpc) is 3.40. The summed E-state index contributed by atoms with van der Waals surface area (Å²) in [7, 11) is 0. The van der Waals surface area contributed by atoms with Crippen LogP contribution in [0.1, 0.15) is 28.8 Å². The van der Waals surface area contributed by atoms with Crippen LogP contribution in [-0.4, -0.2) is 50.9 Å². The van der Waals surface area contributed by atoms with Crippen molar-refractivity contribution in [2.24, 2.45) is 5.92 Å². The van der Waals surface area contributed by atoms with E-state index in [1.807, 2.05) is 18.2 Å². The van der Waals surface area contributed by atoms with E-state index in [-0.39, 0.29) is 11.7 Å². The van der Waals surface area contributed by atoms with Gasteiger partial charge in [0.2, 0.25) is 0 Å². The summed E-state index contributed by atoms with van der Waals surface area (Å²) in [5, 5.41) is 15.3. The lowest BCUT2D eigenvalue weighted by molar-refractivity contribution is 0.0841. The highest BCUT2D eigenvalue weighted by molar-refractivity contribution is 6.00. The van der Waals surface area contributed by atoms with Crippen LogP contribution in [0.2, 0.25) is 0 Å². The van der Waals surface area contributed by atoms with E-state index in [9.17, 15) is 4.79 Å². The topological polar surface area (TPSA) is 98.2 Å². The number of piperidine rings is 1. The van der Waals surface area contributed by atoms with Gasteiger partial charge in [0.05, 0.1) is 0 Å². The lowest BCUT2D eigenvalue weighted by atomic mass is 9.88. The molecule has 4 aromatic rings. The van der Waals surface area contributed by atoms with Crippen molar-refractivity contribution in [3.05, 3.63) is 47.5 Å². The van der Waals surface area contributed by atoms with Gasteiger partial charge in [-0.1, -0.05) is 6.07 Å². The van der Waals surface area contributed by atoms with E-state index in [0.29, 0.717) is 16.6 Å². The summed E-state index contributed by atoms with van der Waals surface area (Å²) < 4.78 is 9.46. The molecule has 0 spiro atoms. The molecular formula is C20H19N5O3. The summed E-state index contributed by atoms with van der Waals surface area (Å²) in [4.78, 5) is 15.2. The predicted molar refractivity (Wildman–Crippen MR) is 101 cm³/mol. The van der Waals surface area contributed by atoms with Gasteiger partial charge in [0.25, 0.3) is 0 Å². The van der Waals surface area contributed by atoms with E-state index in [2.05, 4.69) is 31.6 Å². The molecule has 1 aliphatic rings. The second-order valence-corrected chi connectivity index (χ2v) is 7.29. The minimum atomic E-state index is 0.0612. The molecule has 0 saturated carbocycles. The number of carbonyl (C=O) groups excluding carboxylic acids is 1. The van der Waals surface area contributed by atoms with Crippen molar-refractivity contribution in [1.29, 1.82) is 0 Å². The minimum absolute atomic E-state index is 0.0612. The third-order valence-electron chi connectivity index (χ3n) is 5.53. The number of rotatable bonds is 5. The van der Waals surface area contributed by atoms with Crippen LogP contribution in [0, 0.1) is 5.92 Å². The summed E-state index contributed by atoms with van der Waals surface area (Å²) in [5.74, 6) is 0.250. The van der Waals surface area contributed by atoms with Crippen molar-refractivity contribution in [3.8, 4) is 0 Å². The number of likely N-dealkylation sites (tertiary alicyclic amines) is 1. The van der Waals surface area contributed by atoms with Crippen LogP contribution < -0.4 is 0 Å². The van der Waals surface area contributed by atoms with Crippen molar-refractivity contribution < 1.29 is 14.1 Å². The first-order valence-corrected chi connectivity index (χ1v) is 9.46. The van der Waals surface area contributed by atoms with E-state index in [1.165, 1.54) is 5.56 Å². The van der Waals surface area contributed by atoms with E-state index in [0.717, 1.165) is 49.9 Å². The first-order valence-electron chi connectivity index (χ1n) is 9.46. The number of Topliss-reactive ketones (excluding diaryl/α,β-unsaturated/α-hetero) is 1. The zero-order valence-corrected chi connectivity index (χ0v) is 15.2. The summed E-state index contributed by atoms with van der Waals surface area (Å²) in [6.45, 7) is 2.82.